The molecule has 2 aromatic rings. The fourth-order valence-electron chi connectivity index (χ4n) is 1.69. The van der Waals surface area contributed by atoms with E-state index in [2.05, 4.69) is 0 Å². The van der Waals surface area contributed by atoms with Gasteiger partial charge in [0.15, 0.2) is 0 Å². The molecule has 0 aliphatic heterocycles. The Morgan fingerprint density at radius 1 is 1.16 bits per heavy atom. The van der Waals surface area contributed by atoms with Crippen LogP contribution in [0.3, 0.4) is 0 Å². The minimum absolute atomic E-state index is 0.0912. The van der Waals surface area contributed by atoms with Crippen molar-refractivity contribution < 1.29 is 14.2 Å². The van der Waals surface area contributed by atoms with E-state index in [9.17, 15) is 9.50 Å². The number of aliphatic hydroxyl groups is 1. The molecule has 19 heavy (non-hydrogen) atoms. The highest BCUT2D eigenvalue weighted by molar-refractivity contribution is 6.35. The molecule has 2 rings (SSSR count). The van der Waals surface area contributed by atoms with Gasteiger partial charge in [-0.3, -0.25) is 0 Å². The zero-order chi connectivity index (χ0) is 14.0. The highest BCUT2D eigenvalue weighted by Crippen LogP contribution is 2.35. The molecule has 0 spiro atoms. The molecule has 0 fully saturated rings. The van der Waals surface area contributed by atoms with Gasteiger partial charge in [-0.15, -0.1) is 0 Å². The third-order valence-electron chi connectivity index (χ3n) is 2.54. The van der Waals surface area contributed by atoms with Crippen LogP contribution in [0, 0.1) is 5.82 Å². The maximum atomic E-state index is 13.7. The number of hydrogen-bond acceptors (Lipinski definition) is 2. The van der Waals surface area contributed by atoms with Crippen LogP contribution < -0.4 is 4.74 Å². The van der Waals surface area contributed by atoms with Crippen molar-refractivity contribution in [3.63, 3.8) is 0 Å². The quantitative estimate of drug-likeness (QED) is 0.866. The van der Waals surface area contributed by atoms with Gasteiger partial charge in [0.05, 0.1) is 16.7 Å². The lowest BCUT2D eigenvalue weighted by Gasteiger charge is -2.14. The van der Waals surface area contributed by atoms with E-state index in [0.29, 0.717) is 15.8 Å². The summed E-state index contributed by atoms with van der Waals surface area (Å²) in [6.07, 6.45) is -0.984. The van der Waals surface area contributed by atoms with E-state index in [0.717, 1.165) is 0 Å². The molecule has 1 atom stereocenters. The largest absolute Gasteiger partial charge is 0.455 e. The van der Waals surface area contributed by atoms with Crippen molar-refractivity contribution >= 4 is 23.2 Å². The average molecular weight is 301 g/mol. The topological polar surface area (TPSA) is 29.5 Å². The Labute approximate surface area is 120 Å². The second-order valence-corrected chi connectivity index (χ2v) is 4.85. The van der Waals surface area contributed by atoms with E-state index >= 15 is 0 Å². The van der Waals surface area contributed by atoms with E-state index in [1.165, 1.54) is 25.1 Å². The minimum atomic E-state index is -0.984. The molecule has 1 N–H and O–H groups in total. The summed E-state index contributed by atoms with van der Waals surface area (Å²) in [7, 11) is 0. The fraction of sp³-hybridized carbons (Fsp3) is 0.143. The molecular formula is C14H11Cl2FO2. The summed E-state index contributed by atoms with van der Waals surface area (Å²) in [6.45, 7) is 1.47. The van der Waals surface area contributed by atoms with Gasteiger partial charge in [-0.1, -0.05) is 29.3 Å². The molecule has 2 aromatic carbocycles. The third kappa shape index (κ3) is 3.18. The van der Waals surface area contributed by atoms with Crippen LogP contribution in [0.25, 0.3) is 0 Å². The first-order chi connectivity index (χ1) is 8.99. The summed E-state index contributed by atoms with van der Waals surface area (Å²) in [5, 5.41) is 10.4. The normalized spacial score (nSPS) is 12.3. The summed E-state index contributed by atoms with van der Waals surface area (Å²) in [4.78, 5) is 0. The van der Waals surface area contributed by atoms with Crippen molar-refractivity contribution in [2.75, 3.05) is 0 Å². The number of ether oxygens (including phenoxy) is 1. The fourth-order valence-corrected chi connectivity index (χ4v) is 2.14. The van der Waals surface area contributed by atoms with Crippen molar-refractivity contribution in [2.45, 2.75) is 13.0 Å². The number of hydrogen-bond donors (Lipinski definition) is 1. The van der Waals surface area contributed by atoms with Crippen LogP contribution in [0.15, 0.2) is 36.4 Å². The van der Waals surface area contributed by atoms with Crippen LogP contribution in [0.1, 0.15) is 18.6 Å². The number of rotatable bonds is 3. The predicted octanol–water partition coefficient (Wildman–Crippen LogP) is 4.98. The van der Waals surface area contributed by atoms with E-state index < -0.39 is 11.9 Å². The summed E-state index contributed by atoms with van der Waals surface area (Å²) < 4.78 is 19.2. The smallest absolute Gasteiger partial charge is 0.146 e. The van der Waals surface area contributed by atoms with Gasteiger partial charge in [0.1, 0.15) is 17.3 Å². The van der Waals surface area contributed by atoms with Crippen LogP contribution in [0.4, 0.5) is 4.39 Å². The molecule has 0 heterocycles. The van der Waals surface area contributed by atoms with Gasteiger partial charge in [-0.2, -0.15) is 0 Å². The van der Waals surface area contributed by atoms with Crippen LogP contribution in [-0.4, -0.2) is 5.11 Å². The molecule has 0 aliphatic rings. The van der Waals surface area contributed by atoms with Crippen molar-refractivity contribution in [2.24, 2.45) is 0 Å². The van der Waals surface area contributed by atoms with Gasteiger partial charge in [0.2, 0.25) is 0 Å². The lowest BCUT2D eigenvalue weighted by Crippen LogP contribution is -2.00. The number of benzene rings is 2. The lowest BCUT2D eigenvalue weighted by molar-refractivity contribution is 0.190. The highest BCUT2D eigenvalue weighted by Gasteiger charge is 2.16. The second-order valence-electron chi connectivity index (χ2n) is 4.00. The Hall–Kier alpha value is -1.29. The molecule has 0 bridgehead atoms. The summed E-state index contributed by atoms with van der Waals surface area (Å²) in [6, 6.07) is 9.06. The van der Waals surface area contributed by atoms with E-state index in [4.69, 9.17) is 27.9 Å². The zero-order valence-corrected chi connectivity index (χ0v) is 11.5. The van der Waals surface area contributed by atoms with Crippen molar-refractivity contribution in [3.05, 3.63) is 57.8 Å². The van der Waals surface area contributed by atoms with Gasteiger partial charge in [-0.05, 0) is 37.3 Å². The van der Waals surface area contributed by atoms with Crippen molar-refractivity contribution in [3.8, 4) is 11.5 Å². The molecule has 0 amide bonds. The average Bonchev–Trinajstić information content (AvgIpc) is 2.32. The summed E-state index contributed by atoms with van der Waals surface area (Å²) in [5.74, 6) is 0.0374. The van der Waals surface area contributed by atoms with Crippen molar-refractivity contribution in [1.82, 2.24) is 0 Å². The Kier molecular flexibility index (Phi) is 4.30. The Balaban J connectivity index is 2.41. The Morgan fingerprint density at radius 3 is 2.53 bits per heavy atom. The van der Waals surface area contributed by atoms with Gasteiger partial charge in [-0.25, -0.2) is 4.39 Å². The number of aliphatic hydroxyl groups excluding tert-OH is 1. The SMILES string of the molecule is C[C@H](O)c1c(F)cccc1Oc1ccc(Cl)cc1Cl. The first kappa shape index (κ1) is 14.1. The van der Waals surface area contributed by atoms with E-state index in [-0.39, 0.29) is 11.3 Å². The monoisotopic (exact) mass is 300 g/mol. The second kappa shape index (κ2) is 5.78. The van der Waals surface area contributed by atoms with Gasteiger partial charge >= 0.3 is 0 Å². The minimum Gasteiger partial charge on any atom is -0.455 e. The molecule has 5 heteroatoms. The van der Waals surface area contributed by atoms with Crippen LogP contribution >= 0.6 is 23.2 Å². The molecule has 0 saturated heterocycles. The molecule has 100 valence electrons. The number of halogens is 3. The predicted molar refractivity (Wildman–Crippen MR) is 73.6 cm³/mol. The van der Waals surface area contributed by atoms with Crippen LogP contribution in [0.5, 0.6) is 11.5 Å². The lowest BCUT2D eigenvalue weighted by atomic mass is 10.1. The molecule has 0 radical (unpaired) electrons. The van der Waals surface area contributed by atoms with Crippen LogP contribution in [-0.2, 0) is 0 Å². The van der Waals surface area contributed by atoms with Gasteiger partial charge < -0.3 is 9.84 Å². The molecule has 0 aromatic heterocycles. The standard InChI is InChI=1S/C14H11Cl2FO2/c1-8(18)14-11(17)3-2-4-13(14)19-12-6-5-9(15)7-10(12)16/h2-8,18H,1H3/t8-/m0/s1. The Bertz CT molecular complexity index is 600. The van der Waals surface area contributed by atoms with Gasteiger partial charge in [0, 0.05) is 5.02 Å². The summed E-state index contributed by atoms with van der Waals surface area (Å²) in [5.41, 5.74) is 0.0912. The first-order valence-electron chi connectivity index (χ1n) is 5.58. The van der Waals surface area contributed by atoms with Crippen molar-refractivity contribution in [1.29, 1.82) is 0 Å². The van der Waals surface area contributed by atoms with Crippen LogP contribution in [0.2, 0.25) is 10.0 Å². The first-order valence-corrected chi connectivity index (χ1v) is 6.34. The maximum Gasteiger partial charge on any atom is 0.146 e. The molecule has 0 aliphatic carbocycles. The maximum absolute atomic E-state index is 13.7. The highest BCUT2D eigenvalue weighted by atomic mass is 35.5. The van der Waals surface area contributed by atoms with E-state index in [1.807, 2.05) is 0 Å². The molecule has 2 nitrogen and oxygen atoms in total. The summed E-state index contributed by atoms with van der Waals surface area (Å²) >= 11 is 11.8. The van der Waals surface area contributed by atoms with Gasteiger partial charge in [0.25, 0.3) is 0 Å². The third-order valence-corrected chi connectivity index (χ3v) is 3.07. The molecule has 0 saturated carbocycles. The zero-order valence-electron chi connectivity index (χ0n) is 10.0. The molecular weight excluding hydrogens is 290 g/mol. The Morgan fingerprint density at radius 2 is 1.89 bits per heavy atom. The van der Waals surface area contributed by atoms with E-state index in [1.54, 1.807) is 18.2 Å². The molecule has 0 unspecified atom stereocenters.